The van der Waals surface area contributed by atoms with Crippen molar-refractivity contribution >= 4 is 11.6 Å². The molecule has 0 saturated heterocycles. The number of hydrogen-bond acceptors (Lipinski definition) is 7. The molecule has 120 valence electrons. The van der Waals surface area contributed by atoms with Gasteiger partial charge in [0, 0.05) is 17.2 Å². The fourth-order valence-electron chi connectivity index (χ4n) is 1.82. The summed E-state index contributed by atoms with van der Waals surface area (Å²) < 4.78 is 0. The Balaban J connectivity index is 2.20. The predicted molar refractivity (Wildman–Crippen MR) is 80.9 cm³/mol. The Hall–Kier alpha value is -3.42. The van der Waals surface area contributed by atoms with Gasteiger partial charge in [0.05, 0.1) is 5.71 Å². The third-order valence-corrected chi connectivity index (χ3v) is 3.03. The van der Waals surface area contributed by atoms with E-state index in [4.69, 9.17) is 0 Å². The molecular formula is C15H14N2O6. The number of carbonyl (C=O) groups excluding carboxylic acids is 1. The number of aromatic hydroxyl groups is 5. The minimum Gasteiger partial charge on any atom is -0.508 e. The van der Waals surface area contributed by atoms with Crippen molar-refractivity contribution in [1.29, 1.82) is 0 Å². The lowest BCUT2D eigenvalue weighted by Crippen LogP contribution is -2.19. The molecule has 0 bridgehead atoms. The molecule has 0 aromatic heterocycles. The maximum atomic E-state index is 11.9. The summed E-state index contributed by atoms with van der Waals surface area (Å²) in [5, 5.41) is 50.7. The molecule has 0 aliphatic heterocycles. The van der Waals surface area contributed by atoms with E-state index in [2.05, 4.69) is 10.5 Å². The average Bonchev–Trinajstić information content (AvgIpc) is 2.49. The maximum Gasteiger partial charge on any atom is 0.271 e. The Bertz CT molecular complexity index is 778. The second-order valence-corrected chi connectivity index (χ2v) is 4.70. The normalized spacial score (nSPS) is 11.3. The summed E-state index contributed by atoms with van der Waals surface area (Å²) in [4.78, 5) is 11.9. The van der Waals surface area contributed by atoms with E-state index in [1.807, 2.05) is 0 Å². The molecule has 1 amide bonds. The van der Waals surface area contributed by atoms with Crippen molar-refractivity contribution in [1.82, 2.24) is 5.43 Å². The number of nitrogens with zero attached hydrogens (tertiary/aromatic N) is 1. The summed E-state index contributed by atoms with van der Waals surface area (Å²) in [6, 6.07) is 5.84. The summed E-state index contributed by atoms with van der Waals surface area (Å²) in [5.74, 6) is -3.08. The van der Waals surface area contributed by atoms with Gasteiger partial charge < -0.3 is 25.5 Å². The average molecular weight is 318 g/mol. The maximum absolute atomic E-state index is 11.9. The van der Waals surface area contributed by atoms with Gasteiger partial charge in [-0.2, -0.15) is 5.10 Å². The largest absolute Gasteiger partial charge is 0.508 e. The zero-order valence-electron chi connectivity index (χ0n) is 12.0. The molecule has 0 aliphatic rings. The molecule has 0 aliphatic carbocycles. The molecule has 2 rings (SSSR count). The molecule has 0 heterocycles. The molecule has 8 heteroatoms. The highest BCUT2D eigenvalue weighted by Crippen LogP contribution is 2.35. The lowest BCUT2D eigenvalue weighted by Gasteiger charge is -2.07. The fraction of sp³-hybridized carbons (Fsp3) is 0.0667. The van der Waals surface area contributed by atoms with E-state index in [1.165, 1.54) is 19.1 Å². The molecule has 6 N–H and O–H groups in total. The van der Waals surface area contributed by atoms with E-state index in [-0.39, 0.29) is 22.8 Å². The molecule has 0 unspecified atom stereocenters. The summed E-state index contributed by atoms with van der Waals surface area (Å²) >= 11 is 0. The van der Waals surface area contributed by atoms with E-state index in [9.17, 15) is 30.3 Å². The second-order valence-electron chi connectivity index (χ2n) is 4.70. The molecule has 2 aromatic rings. The van der Waals surface area contributed by atoms with Gasteiger partial charge >= 0.3 is 0 Å². The van der Waals surface area contributed by atoms with Crippen molar-refractivity contribution < 1.29 is 30.3 Å². The van der Waals surface area contributed by atoms with Crippen molar-refractivity contribution in [2.45, 2.75) is 6.92 Å². The third kappa shape index (κ3) is 3.43. The molecular weight excluding hydrogens is 304 g/mol. The van der Waals surface area contributed by atoms with Crippen LogP contribution in [0.15, 0.2) is 35.4 Å². The highest BCUT2D eigenvalue weighted by Gasteiger charge is 2.13. The van der Waals surface area contributed by atoms with Crippen molar-refractivity contribution in [3.8, 4) is 28.7 Å². The van der Waals surface area contributed by atoms with Gasteiger partial charge in [-0.3, -0.25) is 4.79 Å². The van der Waals surface area contributed by atoms with Crippen LogP contribution in [0.4, 0.5) is 0 Å². The first-order valence-corrected chi connectivity index (χ1v) is 6.41. The van der Waals surface area contributed by atoms with Gasteiger partial charge in [0.1, 0.15) is 11.5 Å². The number of hydrazone groups is 1. The first kappa shape index (κ1) is 16.0. The Morgan fingerprint density at radius 1 is 0.957 bits per heavy atom. The lowest BCUT2D eigenvalue weighted by atomic mass is 10.1. The topological polar surface area (TPSA) is 143 Å². The number of hydrogen-bond donors (Lipinski definition) is 6. The number of rotatable bonds is 3. The summed E-state index contributed by atoms with van der Waals surface area (Å²) in [6.45, 7) is 1.53. The van der Waals surface area contributed by atoms with Crippen molar-refractivity contribution in [2.75, 3.05) is 0 Å². The zero-order chi connectivity index (χ0) is 17.1. The SMILES string of the molecule is CC(=NNC(=O)c1cc(O)c(O)c(O)c1)c1ccc(O)cc1O. The second kappa shape index (κ2) is 6.14. The molecule has 8 nitrogen and oxygen atoms in total. The van der Waals surface area contributed by atoms with Gasteiger partial charge in [0.2, 0.25) is 0 Å². The Labute approximate surface area is 130 Å². The minimum atomic E-state index is -0.742. The van der Waals surface area contributed by atoms with Gasteiger partial charge in [0.25, 0.3) is 5.91 Å². The van der Waals surface area contributed by atoms with Crippen molar-refractivity contribution in [3.63, 3.8) is 0 Å². The molecule has 0 atom stereocenters. The van der Waals surface area contributed by atoms with E-state index >= 15 is 0 Å². The minimum absolute atomic E-state index is 0.113. The summed E-state index contributed by atoms with van der Waals surface area (Å²) in [5.41, 5.74) is 2.64. The van der Waals surface area contributed by atoms with Gasteiger partial charge in [0.15, 0.2) is 17.2 Å². The Morgan fingerprint density at radius 2 is 1.57 bits per heavy atom. The predicted octanol–water partition coefficient (Wildman–Crippen LogP) is 1.37. The van der Waals surface area contributed by atoms with Crippen LogP contribution < -0.4 is 5.43 Å². The van der Waals surface area contributed by atoms with Crippen LogP contribution in [0.25, 0.3) is 0 Å². The van der Waals surface area contributed by atoms with E-state index in [0.717, 1.165) is 18.2 Å². The number of benzene rings is 2. The van der Waals surface area contributed by atoms with Crippen LogP contribution in [0.3, 0.4) is 0 Å². The van der Waals surface area contributed by atoms with Gasteiger partial charge in [-0.05, 0) is 31.2 Å². The Morgan fingerprint density at radius 3 is 2.13 bits per heavy atom. The standard InChI is InChI=1S/C15H14N2O6/c1-7(10-3-2-9(18)6-11(10)19)16-17-15(23)8-4-12(20)14(22)13(21)5-8/h2-6,18-22H,1H3,(H,17,23). The quantitative estimate of drug-likeness (QED) is 0.287. The molecule has 2 aromatic carbocycles. The summed E-state index contributed by atoms with van der Waals surface area (Å²) in [7, 11) is 0. The molecule has 23 heavy (non-hydrogen) atoms. The van der Waals surface area contributed by atoms with Crippen LogP contribution in [0.2, 0.25) is 0 Å². The van der Waals surface area contributed by atoms with Crippen LogP contribution in [-0.4, -0.2) is 37.2 Å². The van der Waals surface area contributed by atoms with E-state index in [0.29, 0.717) is 5.56 Å². The number of phenolic OH excluding ortho intramolecular Hbond substituents is 5. The highest BCUT2D eigenvalue weighted by molar-refractivity contribution is 6.02. The molecule has 0 radical (unpaired) electrons. The van der Waals surface area contributed by atoms with Crippen molar-refractivity contribution in [3.05, 3.63) is 41.5 Å². The number of carbonyl (C=O) groups is 1. The van der Waals surface area contributed by atoms with E-state index in [1.54, 1.807) is 0 Å². The zero-order valence-corrected chi connectivity index (χ0v) is 12.0. The number of nitrogens with one attached hydrogen (secondary N) is 1. The number of phenols is 5. The number of amides is 1. The smallest absolute Gasteiger partial charge is 0.271 e. The molecule has 0 spiro atoms. The molecule has 0 fully saturated rings. The van der Waals surface area contributed by atoms with Gasteiger partial charge in [-0.15, -0.1) is 0 Å². The molecule has 0 saturated carbocycles. The highest BCUT2D eigenvalue weighted by atomic mass is 16.3. The summed E-state index contributed by atoms with van der Waals surface area (Å²) in [6.07, 6.45) is 0. The first-order chi connectivity index (χ1) is 10.8. The van der Waals surface area contributed by atoms with Gasteiger partial charge in [-0.1, -0.05) is 0 Å². The monoisotopic (exact) mass is 318 g/mol. The van der Waals surface area contributed by atoms with Crippen molar-refractivity contribution in [2.24, 2.45) is 5.10 Å². The first-order valence-electron chi connectivity index (χ1n) is 6.41. The van der Waals surface area contributed by atoms with Crippen LogP contribution in [0.1, 0.15) is 22.8 Å². The lowest BCUT2D eigenvalue weighted by molar-refractivity contribution is 0.0954. The van der Waals surface area contributed by atoms with Crippen LogP contribution >= 0.6 is 0 Å². The fourth-order valence-corrected chi connectivity index (χ4v) is 1.82. The van der Waals surface area contributed by atoms with Crippen LogP contribution in [0, 0.1) is 0 Å². The third-order valence-electron chi connectivity index (χ3n) is 3.03. The van der Waals surface area contributed by atoms with E-state index < -0.39 is 23.2 Å². The van der Waals surface area contributed by atoms with Crippen LogP contribution in [0.5, 0.6) is 28.7 Å². The Kier molecular flexibility index (Phi) is 4.26. The van der Waals surface area contributed by atoms with Crippen LogP contribution in [-0.2, 0) is 0 Å². The van der Waals surface area contributed by atoms with Gasteiger partial charge in [-0.25, -0.2) is 5.43 Å².